The van der Waals surface area contributed by atoms with Crippen LogP contribution in [0.3, 0.4) is 0 Å². The number of hydrogen-bond donors (Lipinski definition) is 2. The quantitative estimate of drug-likeness (QED) is 0.830. The zero-order chi connectivity index (χ0) is 14.1. The Kier molecular flexibility index (Phi) is 4.08. The molecule has 19 heavy (non-hydrogen) atoms. The molecule has 0 bridgehead atoms. The van der Waals surface area contributed by atoms with E-state index in [2.05, 4.69) is 17.6 Å². The maximum Gasteiger partial charge on any atom is 0.404 e. The Morgan fingerprint density at radius 2 is 2.16 bits per heavy atom. The van der Waals surface area contributed by atoms with Gasteiger partial charge >= 0.3 is 6.18 Å². The van der Waals surface area contributed by atoms with E-state index in [0.717, 1.165) is 19.3 Å². The number of carbonyl (C=O) groups excluding carboxylic acids is 1. The van der Waals surface area contributed by atoms with Crippen molar-refractivity contribution in [2.45, 2.75) is 38.8 Å². The van der Waals surface area contributed by atoms with Crippen LogP contribution in [0.25, 0.3) is 0 Å². The molecule has 2 fully saturated rings. The molecule has 0 aromatic rings. The second kappa shape index (κ2) is 5.31. The predicted molar refractivity (Wildman–Crippen MR) is 65.5 cm³/mol. The SMILES string of the molecule is CC1CCC(CNC(=O)C2(C(F)(F)F)CCNC2)C1. The van der Waals surface area contributed by atoms with Gasteiger partial charge in [-0.2, -0.15) is 13.2 Å². The van der Waals surface area contributed by atoms with Gasteiger partial charge in [0.1, 0.15) is 0 Å². The third kappa shape index (κ3) is 2.88. The Labute approximate surface area is 111 Å². The molecule has 110 valence electrons. The van der Waals surface area contributed by atoms with E-state index >= 15 is 0 Å². The summed E-state index contributed by atoms with van der Waals surface area (Å²) in [6.45, 7) is 2.46. The number of amides is 1. The van der Waals surface area contributed by atoms with Crippen molar-refractivity contribution in [3.05, 3.63) is 0 Å². The largest absolute Gasteiger partial charge is 0.404 e. The first kappa shape index (κ1) is 14.6. The summed E-state index contributed by atoms with van der Waals surface area (Å²) >= 11 is 0. The molecule has 1 amide bonds. The van der Waals surface area contributed by atoms with Crippen LogP contribution in [-0.4, -0.2) is 31.7 Å². The molecule has 2 N–H and O–H groups in total. The van der Waals surface area contributed by atoms with Crippen molar-refractivity contribution in [3.63, 3.8) is 0 Å². The van der Waals surface area contributed by atoms with E-state index in [4.69, 9.17) is 0 Å². The fraction of sp³-hybridized carbons (Fsp3) is 0.923. The van der Waals surface area contributed by atoms with E-state index in [1.165, 1.54) is 0 Å². The van der Waals surface area contributed by atoms with Crippen LogP contribution < -0.4 is 10.6 Å². The van der Waals surface area contributed by atoms with Gasteiger partial charge < -0.3 is 10.6 Å². The first-order valence-corrected chi connectivity index (χ1v) is 6.91. The molecule has 1 heterocycles. The number of carbonyl (C=O) groups is 1. The molecule has 0 aromatic carbocycles. The van der Waals surface area contributed by atoms with Crippen LogP contribution in [0.5, 0.6) is 0 Å². The topological polar surface area (TPSA) is 41.1 Å². The van der Waals surface area contributed by atoms with Crippen molar-refractivity contribution < 1.29 is 18.0 Å². The third-order valence-corrected chi connectivity index (χ3v) is 4.49. The minimum absolute atomic E-state index is 0.163. The van der Waals surface area contributed by atoms with Gasteiger partial charge in [0.25, 0.3) is 0 Å². The maximum atomic E-state index is 13.1. The van der Waals surface area contributed by atoms with Crippen LogP contribution >= 0.6 is 0 Å². The minimum Gasteiger partial charge on any atom is -0.355 e. The Bertz CT molecular complexity index is 337. The van der Waals surface area contributed by atoms with Crippen molar-refractivity contribution in [1.29, 1.82) is 0 Å². The zero-order valence-corrected chi connectivity index (χ0v) is 11.1. The molecule has 1 saturated carbocycles. The van der Waals surface area contributed by atoms with Crippen molar-refractivity contribution in [2.75, 3.05) is 19.6 Å². The van der Waals surface area contributed by atoms with Crippen LogP contribution in [-0.2, 0) is 4.79 Å². The van der Waals surface area contributed by atoms with Gasteiger partial charge in [0.2, 0.25) is 5.91 Å². The van der Waals surface area contributed by atoms with Gasteiger partial charge in [0, 0.05) is 13.1 Å². The van der Waals surface area contributed by atoms with Crippen molar-refractivity contribution >= 4 is 5.91 Å². The number of rotatable bonds is 3. The molecular weight excluding hydrogens is 257 g/mol. The summed E-state index contributed by atoms with van der Waals surface area (Å²) in [5, 5.41) is 5.19. The van der Waals surface area contributed by atoms with Crippen LogP contribution in [0, 0.1) is 17.3 Å². The van der Waals surface area contributed by atoms with Crippen LogP contribution in [0.1, 0.15) is 32.6 Å². The standard InChI is InChI=1S/C13H21F3N2O/c1-9-2-3-10(6-9)7-18-11(19)12(13(14,15)16)4-5-17-8-12/h9-10,17H,2-8H2,1H3,(H,18,19). The Hall–Kier alpha value is -0.780. The summed E-state index contributed by atoms with van der Waals surface area (Å²) in [7, 11) is 0. The van der Waals surface area contributed by atoms with Crippen LogP contribution in [0.2, 0.25) is 0 Å². The lowest BCUT2D eigenvalue weighted by Crippen LogP contribution is -2.52. The lowest BCUT2D eigenvalue weighted by atomic mass is 9.85. The molecule has 2 aliphatic rings. The average Bonchev–Trinajstić information content (AvgIpc) is 2.94. The predicted octanol–water partition coefficient (Wildman–Crippen LogP) is 2.08. The van der Waals surface area contributed by atoms with Crippen LogP contribution in [0.4, 0.5) is 13.2 Å². The number of hydrogen-bond acceptors (Lipinski definition) is 2. The van der Waals surface area contributed by atoms with E-state index in [0.29, 0.717) is 18.4 Å². The summed E-state index contributed by atoms with van der Waals surface area (Å²) in [6, 6.07) is 0. The maximum absolute atomic E-state index is 13.1. The van der Waals surface area contributed by atoms with Crippen molar-refractivity contribution in [1.82, 2.24) is 10.6 Å². The summed E-state index contributed by atoms with van der Waals surface area (Å²) in [4.78, 5) is 12.0. The van der Waals surface area contributed by atoms with Gasteiger partial charge in [0.15, 0.2) is 5.41 Å². The zero-order valence-electron chi connectivity index (χ0n) is 11.1. The summed E-state index contributed by atoms with van der Waals surface area (Å²) in [5.41, 5.74) is -2.22. The molecule has 2 rings (SSSR count). The van der Waals surface area contributed by atoms with Crippen molar-refractivity contribution in [2.24, 2.45) is 17.3 Å². The Morgan fingerprint density at radius 3 is 2.63 bits per heavy atom. The normalized spacial score (nSPS) is 35.6. The van der Waals surface area contributed by atoms with Crippen molar-refractivity contribution in [3.8, 4) is 0 Å². The third-order valence-electron chi connectivity index (χ3n) is 4.49. The lowest BCUT2D eigenvalue weighted by Gasteiger charge is -2.29. The number of nitrogens with one attached hydrogen (secondary N) is 2. The van der Waals surface area contributed by atoms with Gasteiger partial charge in [-0.25, -0.2) is 0 Å². The van der Waals surface area contributed by atoms with E-state index in [-0.39, 0.29) is 19.5 Å². The number of alkyl halides is 3. The van der Waals surface area contributed by atoms with Gasteiger partial charge in [-0.05, 0) is 37.6 Å². The van der Waals surface area contributed by atoms with Gasteiger partial charge in [0.05, 0.1) is 0 Å². The highest BCUT2D eigenvalue weighted by molar-refractivity contribution is 5.84. The number of halogens is 3. The second-order valence-corrected chi connectivity index (χ2v) is 6.00. The highest BCUT2D eigenvalue weighted by atomic mass is 19.4. The molecule has 1 saturated heterocycles. The Morgan fingerprint density at radius 1 is 1.42 bits per heavy atom. The minimum atomic E-state index is -4.48. The van der Waals surface area contributed by atoms with E-state index in [9.17, 15) is 18.0 Å². The van der Waals surface area contributed by atoms with E-state index in [1.54, 1.807) is 0 Å². The highest BCUT2D eigenvalue weighted by Crippen LogP contribution is 2.43. The second-order valence-electron chi connectivity index (χ2n) is 6.00. The summed E-state index contributed by atoms with van der Waals surface area (Å²) in [6.07, 6.45) is -1.55. The molecular formula is C13H21F3N2O. The van der Waals surface area contributed by atoms with Crippen LogP contribution in [0.15, 0.2) is 0 Å². The fourth-order valence-electron chi connectivity index (χ4n) is 3.17. The van der Waals surface area contributed by atoms with Gasteiger partial charge in [-0.1, -0.05) is 13.3 Å². The molecule has 0 radical (unpaired) electrons. The molecule has 3 unspecified atom stereocenters. The molecule has 6 heteroatoms. The van der Waals surface area contributed by atoms with Gasteiger partial charge in [-0.3, -0.25) is 4.79 Å². The Balaban J connectivity index is 1.94. The molecule has 3 atom stereocenters. The lowest BCUT2D eigenvalue weighted by molar-refractivity contribution is -0.216. The smallest absolute Gasteiger partial charge is 0.355 e. The molecule has 0 spiro atoms. The molecule has 0 aromatic heterocycles. The molecule has 3 nitrogen and oxygen atoms in total. The average molecular weight is 278 g/mol. The fourth-order valence-corrected chi connectivity index (χ4v) is 3.17. The summed E-state index contributed by atoms with van der Waals surface area (Å²) in [5.74, 6) is 0.0924. The van der Waals surface area contributed by atoms with E-state index < -0.39 is 17.5 Å². The highest BCUT2D eigenvalue weighted by Gasteiger charge is 2.61. The monoisotopic (exact) mass is 278 g/mol. The van der Waals surface area contributed by atoms with E-state index in [1.807, 2.05) is 0 Å². The first-order chi connectivity index (χ1) is 8.85. The summed E-state index contributed by atoms with van der Waals surface area (Å²) < 4.78 is 39.4. The van der Waals surface area contributed by atoms with Gasteiger partial charge in [-0.15, -0.1) is 0 Å². The molecule has 1 aliphatic carbocycles. The first-order valence-electron chi connectivity index (χ1n) is 6.91. The molecule has 1 aliphatic heterocycles.